The Balaban J connectivity index is 2.63. The van der Waals surface area contributed by atoms with E-state index in [0.717, 1.165) is 0 Å². The average molecular weight is 212 g/mol. The highest BCUT2D eigenvalue weighted by Gasteiger charge is 2.09. The van der Waals surface area contributed by atoms with E-state index in [9.17, 15) is 4.79 Å². The number of rotatable bonds is 4. The van der Waals surface area contributed by atoms with Crippen molar-refractivity contribution < 1.29 is 9.53 Å². The third-order valence-electron chi connectivity index (χ3n) is 1.29. The molecule has 0 spiro atoms. The van der Waals surface area contributed by atoms with Crippen LogP contribution in [0.25, 0.3) is 0 Å². The summed E-state index contributed by atoms with van der Waals surface area (Å²) < 4.78 is 5.82. The second-order valence-corrected chi connectivity index (χ2v) is 3.13. The minimum Gasteiger partial charge on any atom is -0.468 e. The monoisotopic (exact) mass is 212 g/mol. The number of nitrogens with zero attached hydrogens (tertiary/aromatic N) is 4. The number of methoxy groups -OCH3 is 1. The summed E-state index contributed by atoms with van der Waals surface area (Å²) in [5.41, 5.74) is 0. The van der Waals surface area contributed by atoms with Crippen molar-refractivity contribution in [1.82, 2.24) is 20.2 Å². The molecule has 0 aliphatic heterocycles. The molecule has 0 aromatic carbocycles. The number of thioether (sulfide) groups is 1. The van der Waals surface area contributed by atoms with Gasteiger partial charge in [0.1, 0.15) is 6.54 Å². The van der Waals surface area contributed by atoms with Gasteiger partial charge >= 0.3 is 5.97 Å². The fourth-order valence-electron chi connectivity index (χ4n) is 0.692. The van der Waals surface area contributed by atoms with Crippen LogP contribution in [0.4, 0.5) is 0 Å². The fraction of sp³-hybridized carbons (Fsp3) is 0.429. The summed E-state index contributed by atoms with van der Waals surface area (Å²) >= 11 is 1.29. The Labute approximate surface area is 85.0 Å². The van der Waals surface area contributed by atoms with Crippen molar-refractivity contribution in [3.8, 4) is 12.3 Å². The van der Waals surface area contributed by atoms with E-state index in [2.05, 4.69) is 26.2 Å². The Bertz CT molecular complexity index is 357. The van der Waals surface area contributed by atoms with Crippen LogP contribution in [-0.4, -0.2) is 39.0 Å². The topological polar surface area (TPSA) is 69.9 Å². The highest BCUT2D eigenvalue weighted by Crippen LogP contribution is 2.11. The Morgan fingerprint density at radius 1 is 1.79 bits per heavy atom. The lowest BCUT2D eigenvalue weighted by Gasteiger charge is -2.00. The summed E-state index contributed by atoms with van der Waals surface area (Å²) in [4.78, 5) is 10.9. The molecular formula is C7H8N4O2S. The minimum atomic E-state index is -0.403. The predicted molar refractivity (Wildman–Crippen MR) is 49.4 cm³/mol. The second-order valence-electron chi connectivity index (χ2n) is 2.19. The summed E-state index contributed by atoms with van der Waals surface area (Å²) in [5, 5.41) is 11.3. The van der Waals surface area contributed by atoms with Crippen molar-refractivity contribution in [3.05, 3.63) is 0 Å². The van der Waals surface area contributed by atoms with Gasteiger partial charge in [0.2, 0.25) is 5.16 Å². The number of carbonyl (C=O) groups is 1. The molecular weight excluding hydrogens is 204 g/mol. The fourth-order valence-corrected chi connectivity index (χ4v) is 1.25. The van der Waals surface area contributed by atoms with Crippen molar-refractivity contribution in [2.45, 2.75) is 11.7 Å². The van der Waals surface area contributed by atoms with E-state index in [1.54, 1.807) is 0 Å². The third-order valence-corrected chi connectivity index (χ3v) is 2.15. The molecule has 0 saturated carbocycles. The van der Waals surface area contributed by atoms with Gasteiger partial charge < -0.3 is 4.74 Å². The summed E-state index contributed by atoms with van der Waals surface area (Å²) in [6.07, 6.45) is 5.08. The van der Waals surface area contributed by atoms with E-state index in [1.807, 2.05) is 0 Å². The zero-order chi connectivity index (χ0) is 10.4. The first kappa shape index (κ1) is 10.5. The van der Waals surface area contributed by atoms with Crippen molar-refractivity contribution in [1.29, 1.82) is 0 Å². The maximum absolute atomic E-state index is 10.9. The summed E-state index contributed by atoms with van der Waals surface area (Å²) in [7, 11) is 1.31. The van der Waals surface area contributed by atoms with Gasteiger partial charge in [0.05, 0.1) is 12.9 Å². The van der Waals surface area contributed by atoms with Gasteiger partial charge in [-0.2, -0.15) is 0 Å². The van der Waals surface area contributed by atoms with Crippen LogP contribution in [0.5, 0.6) is 0 Å². The van der Waals surface area contributed by atoms with Gasteiger partial charge in [-0.25, -0.2) is 4.68 Å². The molecule has 0 fully saturated rings. The van der Waals surface area contributed by atoms with Gasteiger partial charge in [-0.15, -0.1) is 11.5 Å². The molecule has 0 radical (unpaired) electrons. The lowest BCUT2D eigenvalue weighted by atomic mass is 10.7. The molecule has 0 aliphatic rings. The molecule has 6 nitrogen and oxygen atoms in total. The summed E-state index contributed by atoms with van der Waals surface area (Å²) in [6.45, 7) is -0.00357. The highest BCUT2D eigenvalue weighted by atomic mass is 32.2. The van der Waals surface area contributed by atoms with E-state index in [4.69, 9.17) is 6.42 Å². The molecule has 1 heterocycles. The number of ether oxygens (including phenoxy) is 1. The van der Waals surface area contributed by atoms with Gasteiger partial charge in [-0.3, -0.25) is 4.79 Å². The molecule has 0 N–H and O–H groups in total. The molecule has 0 unspecified atom stereocenters. The van der Waals surface area contributed by atoms with Crippen LogP contribution in [0.2, 0.25) is 0 Å². The first-order chi connectivity index (χ1) is 6.77. The van der Waals surface area contributed by atoms with Crippen LogP contribution in [0.15, 0.2) is 5.16 Å². The largest absolute Gasteiger partial charge is 0.468 e. The van der Waals surface area contributed by atoms with Gasteiger partial charge in [0.25, 0.3) is 0 Å². The number of hydrogen-bond acceptors (Lipinski definition) is 6. The van der Waals surface area contributed by atoms with Crippen LogP contribution in [-0.2, 0) is 16.1 Å². The predicted octanol–water partition coefficient (Wildman–Crippen LogP) is -0.429. The molecule has 0 amide bonds. The van der Waals surface area contributed by atoms with E-state index < -0.39 is 5.97 Å². The standard InChI is InChI=1S/C7H8N4O2S/c1-3-4-14-7-8-9-10-11(7)5-6(12)13-2/h1H,4-5H2,2H3. The zero-order valence-electron chi connectivity index (χ0n) is 7.51. The Kier molecular flexibility index (Phi) is 3.94. The molecule has 0 saturated heterocycles. The highest BCUT2D eigenvalue weighted by molar-refractivity contribution is 7.99. The van der Waals surface area contributed by atoms with Crippen molar-refractivity contribution in [3.63, 3.8) is 0 Å². The smallest absolute Gasteiger partial charge is 0.327 e. The van der Waals surface area contributed by atoms with Crippen LogP contribution < -0.4 is 0 Å². The van der Waals surface area contributed by atoms with Gasteiger partial charge in [0.15, 0.2) is 0 Å². The Hall–Kier alpha value is -1.55. The van der Waals surface area contributed by atoms with Gasteiger partial charge in [-0.05, 0) is 10.4 Å². The molecule has 1 rings (SSSR count). The second kappa shape index (κ2) is 5.24. The van der Waals surface area contributed by atoms with Crippen LogP contribution in [0.1, 0.15) is 0 Å². The lowest BCUT2D eigenvalue weighted by molar-refractivity contribution is -0.141. The van der Waals surface area contributed by atoms with Crippen molar-refractivity contribution in [2.75, 3.05) is 12.9 Å². The summed E-state index contributed by atoms with van der Waals surface area (Å²) in [6, 6.07) is 0. The number of hydrogen-bond donors (Lipinski definition) is 0. The number of tetrazole rings is 1. The molecule has 0 bridgehead atoms. The SMILES string of the molecule is C#CCSc1nnnn1CC(=O)OC. The number of esters is 1. The first-order valence-corrected chi connectivity index (χ1v) is 4.65. The van der Waals surface area contributed by atoms with Crippen molar-refractivity contribution >= 4 is 17.7 Å². The molecule has 0 aliphatic carbocycles. The minimum absolute atomic E-state index is 0.00357. The lowest BCUT2D eigenvalue weighted by Crippen LogP contribution is -2.13. The molecule has 14 heavy (non-hydrogen) atoms. The number of aromatic nitrogens is 4. The quantitative estimate of drug-likeness (QED) is 0.383. The zero-order valence-corrected chi connectivity index (χ0v) is 8.32. The van der Waals surface area contributed by atoms with Gasteiger partial charge in [-0.1, -0.05) is 17.7 Å². The molecule has 74 valence electrons. The van der Waals surface area contributed by atoms with Crippen molar-refractivity contribution in [2.24, 2.45) is 0 Å². The van der Waals surface area contributed by atoms with Crippen LogP contribution in [0, 0.1) is 12.3 Å². The molecule has 0 atom stereocenters. The molecule has 7 heteroatoms. The van der Waals surface area contributed by atoms with E-state index >= 15 is 0 Å². The van der Waals surface area contributed by atoms with E-state index in [1.165, 1.54) is 23.6 Å². The van der Waals surface area contributed by atoms with Crippen LogP contribution >= 0.6 is 11.8 Å². The number of carbonyl (C=O) groups excluding carboxylic acids is 1. The Morgan fingerprint density at radius 3 is 3.21 bits per heavy atom. The van der Waals surface area contributed by atoms with E-state index in [-0.39, 0.29) is 6.54 Å². The normalized spacial score (nSPS) is 9.43. The molecule has 1 aromatic rings. The summed E-state index contributed by atoms with van der Waals surface area (Å²) in [5.74, 6) is 2.50. The van der Waals surface area contributed by atoms with Crippen LogP contribution in [0.3, 0.4) is 0 Å². The third kappa shape index (κ3) is 2.74. The molecule has 1 aromatic heterocycles. The van der Waals surface area contributed by atoms with E-state index in [0.29, 0.717) is 10.9 Å². The van der Waals surface area contributed by atoms with Gasteiger partial charge in [0, 0.05) is 0 Å². The average Bonchev–Trinajstić information content (AvgIpc) is 2.62. The maximum atomic E-state index is 10.9. The first-order valence-electron chi connectivity index (χ1n) is 3.67. The maximum Gasteiger partial charge on any atom is 0.327 e. The Morgan fingerprint density at radius 2 is 2.57 bits per heavy atom. The number of terminal acetylenes is 1.